The summed E-state index contributed by atoms with van der Waals surface area (Å²) >= 11 is 0. The van der Waals surface area contributed by atoms with E-state index in [2.05, 4.69) is 9.97 Å². The summed E-state index contributed by atoms with van der Waals surface area (Å²) in [5, 5.41) is 0.839. The predicted octanol–water partition coefficient (Wildman–Crippen LogP) is 3.31. The molecule has 2 aromatic carbocycles. The number of hydrogen-bond donors (Lipinski definition) is 0. The van der Waals surface area contributed by atoms with Crippen LogP contribution in [0.15, 0.2) is 48.5 Å². The molecule has 1 aromatic heterocycles. The summed E-state index contributed by atoms with van der Waals surface area (Å²) < 4.78 is 10.8. The molecule has 0 amide bonds. The molecule has 0 N–H and O–H groups in total. The van der Waals surface area contributed by atoms with Gasteiger partial charge in [0.05, 0.1) is 19.6 Å². The number of fused-ring (bicyclic) bond motifs is 1. The van der Waals surface area contributed by atoms with Crippen LogP contribution in [0.25, 0.3) is 22.3 Å². The highest BCUT2D eigenvalue weighted by Gasteiger charge is 2.12. The van der Waals surface area contributed by atoms with Crippen LogP contribution in [-0.2, 0) is 0 Å². The zero-order valence-corrected chi connectivity index (χ0v) is 11.3. The lowest BCUT2D eigenvalue weighted by molar-refractivity contribution is 0.401. The molecule has 0 atom stereocenters. The van der Waals surface area contributed by atoms with Gasteiger partial charge in [0.2, 0.25) is 5.88 Å². The molecule has 0 saturated carbocycles. The van der Waals surface area contributed by atoms with Crippen molar-refractivity contribution in [2.45, 2.75) is 0 Å². The lowest BCUT2D eigenvalue weighted by Crippen LogP contribution is -1.97. The van der Waals surface area contributed by atoms with Crippen LogP contribution < -0.4 is 9.47 Å². The SMILES string of the molecule is COc1nc(-c2ccccc2)nc2c(OC)cccc12. The molecule has 4 nitrogen and oxygen atoms in total. The van der Waals surface area contributed by atoms with Crippen LogP contribution in [0.1, 0.15) is 0 Å². The maximum Gasteiger partial charge on any atom is 0.224 e. The molecule has 0 spiro atoms. The first-order valence-corrected chi connectivity index (χ1v) is 6.27. The van der Waals surface area contributed by atoms with Crippen molar-refractivity contribution in [2.24, 2.45) is 0 Å². The van der Waals surface area contributed by atoms with E-state index in [4.69, 9.17) is 9.47 Å². The Morgan fingerprint density at radius 1 is 0.800 bits per heavy atom. The van der Waals surface area contributed by atoms with Gasteiger partial charge in [-0.25, -0.2) is 4.98 Å². The van der Waals surface area contributed by atoms with E-state index in [0.29, 0.717) is 17.5 Å². The van der Waals surface area contributed by atoms with Crippen molar-refractivity contribution in [1.29, 1.82) is 0 Å². The zero-order valence-electron chi connectivity index (χ0n) is 11.3. The van der Waals surface area contributed by atoms with Crippen LogP contribution in [0, 0.1) is 0 Å². The molecular formula is C16H14N2O2. The van der Waals surface area contributed by atoms with Crippen molar-refractivity contribution in [2.75, 3.05) is 14.2 Å². The molecule has 0 aliphatic carbocycles. The number of ether oxygens (including phenoxy) is 2. The van der Waals surface area contributed by atoms with Crippen molar-refractivity contribution in [3.05, 3.63) is 48.5 Å². The fourth-order valence-electron chi connectivity index (χ4n) is 2.13. The molecule has 3 rings (SSSR count). The summed E-state index contributed by atoms with van der Waals surface area (Å²) in [6, 6.07) is 15.5. The summed E-state index contributed by atoms with van der Waals surface area (Å²) in [4.78, 5) is 9.08. The van der Waals surface area contributed by atoms with Crippen LogP contribution in [0.3, 0.4) is 0 Å². The Kier molecular flexibility index (Phi) is 3.21. The average Bonchev–Trinajstić information content (AvgIpc) is 2.54. The Balaban J connectivity index is 2.30. The Hall–Kier alpha value is -2.62. The Morgan fingerprint density at radius 2 is 1.60 bits per heavy atom. The second-order valence-electron chi connectivity index (χ2n) is 4.28. The molecule has 0 saturated heterocycles. The number of hydrogen-bond acceptors (Lipinski definition) is 4. The lowest BCUT2D eigenvalue weighted by atomic mass is 10.2. The summed E-state index contributed by atoms with van der Waals surface area (Å²) in [5.74, 6) is 1.88. The number of methoxy groups -OCH3 is 2. The quantitative estimate of drug-likeness (QED) is 0.729. The second kappa shape index (κ2) is 5.17. The smallest absolute Gasteiger partial charge is 0.224 e. The van der Waals surface area contributed by atoms with Gasteiger partial charge >= 0.3 is 0 Å². The van der Waals surface area contributed by atoms with Crippen molar-refractivity contribution in [3.8, 4) is 23.0 Å². The number of nitrogens with zero attached hydrogens (tertiary/aromatic N) is 2. The highest BCUT2D eigenvalue weighted by molar-refractivity contribution is 5.89. The van der Waals surface area contributed by atoms with E-state index in [9.17, 15) is 0 Å². The fourth-order valence-corrected chi connectivity index (χ4v) is 2.13. The first-order valence-electron chi connectivity index (χ1n) is 6.27. The monoisotopic (exact) mass is 266 g/mol. The van der Waals surface area contributed by atoms with Gasteiger partial charge in [0.15, 0.2) is 5.82 Å². The molecule has 0 bridgehead atoms. The maximum atomic E-state index is 5.38. The third kappa shape index (κ3) is 2.05. The van der Waals surface area contributed by atoms with E-state index in [-0.39, 0.29) is 0 Å². The second-order valence-corrected chi connectivity index (χ2v) is 4.28. The predicted molar refractivity (Wildman–Crippen MR) is 78.1 cm³/mol. The molecule has 0 radical (unpaired) electrons. The minimum atomic E-state index is 0.549. The van der Waals surface area contributed by atoms with Gasteiger partial charge in [0, 0.05) is 5.56 Å². The van der Waals surface area contributed by atoms with Crippen molar-refractivity contribution < 1.29 is 9.47 Å². The molecule has 3 aromatic rings. The number of para-hydroxylation sites is 1. The Morgan fingerprint density at radius 3 is 2.30 bits per heavy atom. The molecule has 4 heteroatoms. The zero-order chi connectivity index (χ0) is 13.9. The first-order chi connectivity index (χ1) is 9.83. The van der Waals surface area contributed by atoms with Gasteiger partial charge in [-0.05, 0) is 12.1 Å². The standard InChI is InChI=1S/C16H14N2O2/c1-19-13-10-6-9-12-14(13)17-15(18-16(12)20-2)11-7-4-3-5-8-11/h3-10H,1-2H3. The van der Waals surface area contributed by atoms with Crippen molar-refractivity contribution >= 4 is 10.9 Å². The van der Waals surface area contributed by atoms with Gasteiger partial charge in [-0.15, -0.1) is 0 Å². The van der Waals surface area contributed by atoms with E-state index in [1.807, 2.05) is 48.5 Å². The minimum absolute atomic E-state index is 0.549. The van der Waals surface area contributed by atoms with E-state index in [0.717, 1.165) is 16.5 Å². The highest BCUT2D eigenvalue weighted by Crippen LogP contribution is 2.31. The normalized spacial score (nSPS) is 10.5. The Bertz CT molecular complexity index is 742. The molecular weight excluding hydrogens is 252 g/mol. The van der Waals surface area contributed by atoms with Gasteiger partial charge in [0.1, 0.15) is 11.3 Å². The van der Waals surface area contributed by atoms with Gasteiger partial charge in [-0.2, -0.15) is 4.98 Å². The topological polar surface area (TPSA) is 44.2 Å². The Labute approximate surface area is 117 Å². The summed E-state index contributed by atoms with van der Waals surface area (Å²) in [7, 11) is 3.24. The van der Waals surface area contributed by atoms with Crippen molar-refractivity contribution in [1.82, 2.24) is 9.97 Å². The van der Waals surface area contributed by atoms with E-state index < -0.39 is 0 Å². The van der Waals surface area contributed by atoms with Crippen molar-refractivity contribution in [3.63, 3.8) is 0 Å². The van der Waals surface area contributed by atoms with Gasteiger partial charge in [-0.1, -0.05) is 36.4 Å². The maximum absolute atomic E-state index is 5.38. The van der Waals surface area contributed by atoms with Crippen LogP contribution >= 0.6 is 0 Å². The van der Waals surface area contributed by atoms with Gasteiger partial charge in [0.25, 0.3) is 0 Å². The summed E-state index contributed by atoms with van der Waals surface area (Å²) in [6.45, 7) is 0. The van der Waals surface area contributed by atoms with Crippen LogP contribution in [0.5, 0.6) is 11.6 Å². The van der Waals surface area contributed by atoms with Crippen LogP contribution in [-0.4, -0.2) is 24.2 Å². The molecule has 20 heavy (non-hydrogen) atoms. The summed E-state index contributed by atoms with van der Waals surface area (Å²) in [5.41, 5.74) is 1.69. The van der Waals surface area contributed by atoms with Crippen LogP contribution in [0.4, 0.5) is 0 Å². The minimum Gasteiger partial charge on any atom is -0.494 e. The molecule has 0 unspecified atom stereocenters. The molecule has 0 fully saturated rings. The third-order valence-corrected chi connectivity index (χ3v) is 3.10. The number of rotatable bonds is 3. The molecule has 1 heterocycles. The van der Waals surface area contributed by atoms with E-state index in [1.54, 1.807) is 14.2 Å². The van der Waals surface area contributed by atoms with E-state index in [1.165, 1.54) is 0 Å². The van der Waals surface area contributed by atoms with Crippen LogP contribution in [0.2, 0.25) is 0 Å². The highest BCUT2D eigenvalue weighted by atomic mass is 16.5. The fraction of sp³-hybridized carbons (Fsp3) is 0.125. The molecule has 0 aliphatic rings. The number of benzene rings is 2. The van der Waals surface area contributed by atoms with Gasteiger partial charge in [-0.3, -0.25) is 0 Å². The van der Waals surface area contributed by atoms with E-state index >= 15 is 0 Å². The number of aromatic nitrogens is 2. The lowest BCUT2D eigenvalue weighted by Gasteiger charge is -2.10. The molecule has 0 aliphatic heterocycles. The molecule has 100 valence electrons. The third-order valence-electron chi connectivity index (χ3n) is 3.10. The van der Waals surface area contributed by atoms with Gasteiger partial charge < -0.3 is 9.47 Å². The average molecular weight is 266 g/mol. The first kappa shape index (κ1) is 12.4. The largest absolute Gasteiger partial charge is 0.494 e. The summed E-state index contributed by atoms with van der Waals surface area (Å²) in [6.07, 6.45) is 0.